The van der Waals surface area contributed by atoms with Crippen LogP contribution in [0.5, 0.6) is 6.01 Å². The molecule has 1 amide bonds. The summed E-state index contributed by atoms with van der Waals surface area (Å²) in [5, 5.41) is 2.48. The van der Waals surface area contributed by atoms with Gasteiger partial charge in [0.2, 0.25) is 12.5 Å². The highest BCUT2D eigenvalue weighted by molar-refractivity contribution is 5.97. The zero-order chi connectivity index (χ0) is 32.3. The zero-order valence-electron chi connectivity index (χ0n) is 27.0. The summed E-state index contributed by atoms with van der Waals surface area (Å²) >= 11 is 0. The van der Waals surface area contributed by atoms with Crippen LogP contribution in [0.1, 0.15) is 29.7 Å². The van der Waals surface area contributed by atoms with Crippen LogP contribution in [-0.2, 0) is 22.5 Å². The van der Waals surface area contributed by atoms with Gasteiger partial charge in [-0.25, -0.2) is 11.0 Å². The van der Waals surface area contributed by atoms with Gasteiger partial charge in [0, 0.05) is 68.0 Å². The molecule has 3 aromatic rings. The van der Waals surface area contributed by atoms with Crippen LogP contribution in [0.3, 0.4) is 0 Å². The Morgan fingerprint density at radius 1 is 1.15 bits per heavy atom. The number of hydrogen-bond acceptors (Lipinski definition) is 8. The summed E-state index contributed by atoms with van der Waals surface area (Å²) < 4.78 is 24.8. The third-order valence-electron chi connectivity index (χ3n) is 10.0. The highest BCUT2D eigenvalue weighted by atomic mass is 19.1. The number of aryl methyl sites for hydroxylation is 1. The lowest BCUT2D eigenvalue weighted by molar-refractivity contribution is -0.128. The molecular weight excluding hydrogens is 597 g/mol. The number of anilines is 2. The molecule has 0 saturated carbocycles. The molecule has 3 saturated heterocycles. The molecule has 4 aliphatic heterocycles. The fraction of sp³-hybridized carbons (Fsp3) is 0.500. The lowest BCUT2D eigenvalue weighted by Gasteiger charge is -2.41. The molecule has 0 radical (unpaired) electrons. The molecule has 1 aromatic heterocycles. The standard InChI is InChI=1S/C36H42FN7O3/c1-25-7-3-8-26-9-4-10-32(34(25)26)42-15-12-30-31(23-42)39-36(46-18-6-14-41-22-29-19-27(41)24-47-29)40-35(30)43-16-17-44(28(21-43)20-38-2)33(45)11-5-13-37/h3-5,7-11,27-29H,6,12-24H2,1H3/b11-5+/t27-,28-,29-/m0/s1. The first-order chi connectivity index (χ1) is 23.0. The first kappa shape index (κ1) is 31.3. The summed E-state index contributed by atoms with van der Waals surface area (Å²) in [7, 11) is 0. The van der Waals surface area contributed by atoms with Gasteiger partial charge in [-0.05, 0) is 49.3 Å². The van der Waals surface area contributed by atoms with Gasteiger partial charge < -0.3 is 29.0 Å². The molecule has 0 N–H and O–H groups in total. The molecule has 0 spiro atoms. The smallest absolute Gasteiger partial charge is 0.318 e. The highest BCUT2D eigenvalue weighted by Gasteiger charge is 2.38. The van der Waals surface area contributed by atoms with Crippen LogP contribution in [0.2, 0.25) is 0 Å². The molecule has 3 atom stereocenters. The Kier molecular flexibility index (Phi) is 9.23. The van der Waals surface area contributed by atoms with Gasteiger partial charge in [0.1, 0.15) is 18.5 Å². The van der Waals surface area contributed by atoms with E-state index in [2.05, 4.69) is 62.9 Å². The maximum atomic E-state index is 12.8. The highest BCUT2D eigenvalue weighted by Crippen LogP contribution is 2.36. The Morgan fingerprint density at radius 2 is 2.02 bits per heavy atom. The van der Waals surface area contributed by atoms with Crippen LogP contribution in [0, 0.1) is 13.5 Å². The van der Waals surface area contributed by atoms with Crippen molar-refractivity contribution in [3.05, 3.63) is 76.8 Å². The van der Waals surface area contributed by atoms with E-state index in [0.717, 1.165) is 62.6 Å². The summed E-state index contributed by atoms with van der Waals surface area (Å²) in [5.74, 6) is 0.567. The number of carbonyl (C=O) groups excluding carboxylic acids is 1. The average Bonchev–Trinajstić information content (AvgIpc) is 3.72. The molecule has 7 rings (SSSR count). The monoisotopic (exact) mass is 639 g/mol. The first-order valence-corrected chi connectivity index (χ1v) is 16.7. The van der Waals surface area contributed by atoms with Crippen molar-refractivity contribution in [1.82, 2.24) is 19.8 Å². The molecule has 0 unspecified atom stereocenters. The van der Waals surface area contributed by atoms with Crippen molar-refractivity contribution < 1.29 is 18.7 Å². The van der Waals surface area contributed by atoms with Crippen molar-refractivity contribution in [2.24, 2.45) is 0 Å². The van der Waals surface area contributed by atoms with Gasteiger partial charge in [-0.15, -0.1) is 0 Å². The number of allylic oxidation sites excluding steroid dienone is 1. The van der Waals surface area contributed by atoms with Gasteiger partial charge in [-0.2, -0.15) is 9.97 Å². The lowest BCUT2D eigenvalue weighted by atomic mass is 9.99. The predicted octanol–water partition coefficient (Wildman–Crippen LogP) is 4.21. The van der Waals surface area contributed by atoms with Gasteiger partial charge in [0.15, 0.2) is 0 Å². The summed E-state index contributed by atoms with van der Waals surface area (Å²) in [5.41, 5.74) is 4.48. The molecular formula is C36H42FN7O3. The minimum atomic E-state index is -0.696. The minimum absolute atomic E-state index is 0.167. The van der Waals surface area contributed by atoms with Crippen LogP contribution in [0.25, 0.3) is 15.6 Å². The van der Waals surface area contributed by atoms with Gasteiger partial charge in [0.25, 0.3) is 0 Å². The van der Waals surface area contributed by atoms with Gasteiger partial charge >= 0.3 is 6.01 Å². The van der Waals surface area contributed by atoms with Crippen LogP contribution in [-0.4, -0.2) is 110 Å². The van der Waals surface area contributed by atoms with Crippen molar-refractivity contribution in [3.63, 3.8) is 0 Å². The van der Waals surface area contributed by atoms with E-state index in [1.54, 1.807) is 4.90 Å². The van der Waals surface area contributed by atoms with Gasteiger partial charge in [-0.3, -0.25) is 9.69 Å². The number of amides is 1. The third-order valence-corrected chi connectivity index (χ3v) is 10.0. The van der Waals surface area contributed by atoms with Crippen LogP contribution < -0.4 is 14.5 Å². The maximum Gasteiger partial charge on any atom is 0.318 e. The van der Waals surface area contributed by atoms with Crippen molar-refractivity contribution in [2.45, 2.75) is 50.9 Å². The number of ether oxygens (including phenoxy) is 2. The van der Waals surface area contributed by atoms with Gasteiger partial charge in [0.05, 0.1) is 31.6 Å². The van der Waals surface area contributed by atoms with E-state index in [9.17, 15) is 9.18 Å². The Hall–Kier alpha value is -4.27. The summed E-state index contributed by atoms with van der Waals surface area (Å²) in [6.45, 7) is 15.4. The molecule has 11 heteroatoms. The largest absolute Gasteiger partial charge is 0.463 e. The van der Waals surface area contributed by atoms with Crippen molar-refractivity contribution in [1.29, 1.82) is 0 Å². The molecule has 10 nitrogen and oxygen atoms in total. The van der Waals surface area contributed by atoms with Crippen LogP contribution in [0.15, 0.2) is 48.6 Å². The second-order valence-electron chi connectivity index (χ2n) is 12.9. The summed E-state index contributed by atoms with van der Waals surface area (Å²) in [4.78, 5) is 35.2. The Bertz CT molecular complexity index is 1690. The molecule has 5 heterocycles. The number of morpholine rings is 1. The van der Waals surface area contributed by atoms with E-state index in [0.29, 0.717) is 50.9 Å². The molecule has 47 heavy (non-hydrogen) atoms. The fourth-order valence-electron chi connectivity index (χ4n) is 7.71. The first-order valence-electron chi connectivity index (χ1n) is 16.7. The quantitative estimate of drug-likeness (QED) is 0.186. The third kappa shape index (κ3) is 6.49. The molecule has 2 aromatic carbocycles. The molecule has 4 aliphatic rings. The zero-order valence-corrected chi connectivity index (χ0v) is 27.0. The van der Waals surface area contributed by atoms with Crippen LogP contribution in [0.4, 0.5) is 15.9 Å². The summed E-state index contributed by atoms with van der Waals surface area (Å²) in [6, 6.07) is 13.5. The molecule has 3 fully saturated rings. The fourth-order valence-corrected chi connectivity index (χ4v) is 7.71. The summed E-state index contributed by atoms with van der Waals surface area (Å²) in [6.07, 6.45) is 5.64. The second-order valence-corrected chi connectivity index (χ2v) is 12.9. The Morgan fingerprint density at radius 3 is 2.81 bits per heavy atom. The van der Waals surface area contributed by atoms with Crippen molar-refractivity contribution >= 4 is 28.2 Å². The van der Waals surface area contributed by atoms with E-state index < -0.39 is 6.67 Å². The second kappa shape index (κ2) is 13.8. The number of fused-ring (bicyclic) bond motifs is 4. The normalized spacial score (nSPS) is 22.7. The van der Waals surface area contributed by atoms with Gasteiger partial charge in [-0.1, -0.05) is 30.3 Å². The van der Waals surface area contributed by atoms with E-state index in [1.165, 1.54) is 34.2 Å². The molecule has 0 aliphatic carbocycles. The molecule has 2 bridgehead atoms. The number of carbonyl (C=O) groups is 1. The maximum absolute atomic E-state index is 12.8. The predicted molar refractivity (Wildman–Crippen MR) is 180 cm³/mol. The number of rotatable bonds is 10. The number of halogens is 1. The Balaban J connectivity index is 1.15. The number of nitrogens with zero attached hydrogens (tertiary/aromatic N) is 7. The van der Waals surface area contributed by atoms with E-state index in [-0.39, 0.29) is 18.5 Å². The number of hydrogen-bond donors (Lipinski definition) is 0. The van der Waals surface area contributed by atoms with E-state index in [1.807, 2.05) is 0 Å². The number of likely N-dealkylation sites (tertiary alicyclic amines) is 1. The van der Waals surface area contributed by atoms with Crippen LogP contribution >= 0.6 is 0 Å². The number of aromatic nitrogens is 2. The lowest BCUT2D eigenvalue weighted by Crippen LogP contribution is -2.56. The number of piperazine rings is 1. The van der Waals surface area contributed by atoms with Crippen molar-refractivity contribution in [2.75, 3.05) is 75.5 Å². The van der Waals surface area contributed by atoms with Crippen molar-refractivity contribution in [3.8, 4) is 6.01 Å². The van der Waals surface area contributed by atoms with E-state index in [4.69, 9.17) is 26.0 Å². The Labute approximate surface area is 275 Å². The van der Waals surface area contributed by atoms with E-state index >= 15 is 0 Å². The number of benzene rings is 2. The number of alkyl halides is 1. The average molecular weight is 640 g/mol. The topological polar surface area (TPSA) is 78.6 Å². The minimum Gasteiger partial charge on any atom is -0.463 e. The SMILES string of the molecule is [C-]#[N+]C[C@H]1CN(c2nc(OCCCN3C[C@@H]4C[C@H]3CO4)nc3c2CCN(c2cccc4cccc(C)c24)C3)CCN1C(=O)/C=C/CF. The molecule has 246 valence electrons.